The molecule has 0 aliphatic heterocycles. The Bertz CT molecular complexity index is 608. The Hall–Kier alpha value is -1.63. The van der Waals surface area contributed by atoms with E-state index in [-0.39, 0.29) is 5.41 Å². The summed E-state index contributed by atoms with van der Waals surface area (Å²) in [5.41, 5.74) is 2.29. The predicted octanol–water partition coefficient (Wildman–Crippen LogP) is 4.09. The molecule has 1 heteroatoms. The first-order valence-corrected chi connectivity index (χ1v) is 6.15. The van der Waals surface area contributed by atoms with Crippen molar-refractivity contribution < 1.29 is 4.79 Å². The van der Waals surface area contributed by atoms with Gasteiger partial charge in [0.05, 0.1) is 0 Å². The lowest BCUT2D eigenvalue weighted by molar-refractivity contribution is 0.0959. The fourth-order valence-electron chi connectivity index (χ4n) is 2.82. The van der Waals surface area contributed by atoms with Crippen LogP contribution in [0.1, 0.15) is 42.6 Å². The summed E-state index contributed by atoms with van der Waals surface area (Å²) >= 11 is 0. The zero-order valence-corrected chi connectivity index (χ0v) is 10.3. The van der Waals surface area contributed by atoms with Gasteiger partial charge in [-0.05, 0) is 28.2 Å². The lowest BCUT2D eigenvalue weighted by Gasteiger charge is -2.32. The summed E-state index contributed by atoms with van der Waals surface area (Å²) in [5.74, 6) is 0.302. The quantitative estimate of drug-likeness (QED) is 0.658. The molecule has 0 amide bonds. The van der Waals surface area contributed by atoms with E-state index in [1.807, 2.05) is 12.1 Å². The van der Waals surface area contributed by atoms with Crippen LogP contribution in [0.3, 0.4) is 0 Å². The van der Waals surface area contributed by atoms with Gasteiger partial charge < -0.3 is 0 Å². The van der Waals surface area contributed by atoms with Crippen LogP contribution in [-0.2, 0) is 5.41 Å². The van der Waals surface area contributed by atoms with Gasteiger partial charge in [0.15, 0.2) is 5.78 Å². The van der Waals surface area contributed by atoms with E-state index < -0.39 is 0 Å². The van der Waals surface area contributed by atoms with Gasteiger partial charge in [-0.2, -0.15) is 0 Å². The molecule has 3 rings (SSSR count). The number of fused-ring (bicyclic) bond motifs is 3. The van der Waals surface area contributed by atoms with Crippen LogP contribution in [-0.4, -0.2) is 5.78 Å². The normalized spacial score (nSPS) is 18.1. The number of benzene rings is 2. The molecule has 17 heavy (non-hydrogen) atoms. The zero-order chi connectivity index (χ0) is 12.0. The highest BCUT2D eigenvalue weighted by atomic mass is 16.1. The highest BCUT2D eigenvalue weighted by Crippen LogP contribution is 2.39. The van der Waals surface area contributed by atoms with Crippen molar-refractivity contribution in [1.29, 1.82) is 0 Å². The van der Waals surface area contributed by atoms with Crippen molar-refractivity contribution in [2.45, 2.75) is 32.1 Å². The molecule has 0 saturated carbocycles. The average Bonchev–Trinajstić information content (AvgIpc) is 2.33. The molecule has 0 unspecified atom stereocenters. The fraction of sp³-hybridized carbons (Fsp3) is 0.312. The zero-order valence-electron chi connectivity index (χ0n) is 10.3. The predicted molar refractivity (Wildman–Crippen MR) is 70.5 cm³/mol. The van der Waals surface area contributed by atoms with Crippen LogP contribution in [0.25, 0.3) is 10.8 Å². The van der Waals surface area contributed by atoms with E-state index in [2.05, 4.69) is 38.1 Å². The molecule has 0 spiro atoms. The van der Waals surface area contributed by atoms with Gasteiger partial charge in [-0.15, -0.1) is 0 Å². The first-order valence-electron chi connectivity index (χ1n) is 6.15. The first kappa shape index (κ1) is 10.5. The summed E-state index contributed by atoms with van der Waals surface area (Å²) in [6.45, 7) is 4.46. The van der Waals surface area contributed by atoms with Gasteiger partial charge in [-0.3, -0.25) is 4.79 Å². The highest BCUT2D eigenvalue weighted by molar-refractivity contribution is 6.10. The summed E-state index contributed by atoms with van der Waals surface area (Å²) in [6, 6.07) is 12.4. The van der Waals surface area contributed by atoms with Gasteiger partial charge in [-0.25, -0.2) is 0 Å². The summed E-state index contributed by atoms with van der Waals surface area (Å²) < 4.78 is 0. The van der Waals surface area contributed by atoms with Crippen LogP contribution in [0.4, 0.5) is 0 Å². The van der Waals surface area contributed by atoms with Gasteiger partial charge in [0.2, 0.25) is 0 Å². The topological polar surface area (TPSA) is 17.1 Å². The molecule has 0 atom stereocenters. The lowest BCUT2D eigenvalue weighted by atomic mass is 9.71. The molecular weight excluding hydrogens is 208 g/mol. The van der Waals surface area contributed by atoms with Crippen LogP contribution in [0, 0.1) is 0 Å². The molecule has 0 N–H and O–H groups in total. The standard InChI is InChI=1S/C16H16O/c1-16(2)10-9-14(17)15-12-6-4-3-5-11(12)7-8-13(15)16/h3-8H,9-10H2,1-2H3. The van der Waals surface area contributed by atoms with Crippen molar-refractivity contribution in [2.75, 3.05) is 0 Å². The third-order valence-corrected chi connectivity index (χ3v) is 3.91. The second-order valence-electron chi connectivity index (χ2n) is 5.52. The number of hydrogen-bond acceptors (Lipinski definition) is 1. The van der Waals surface area contributed by atoms with Crippen LogP contribution in [0.2, 0.25) is 0 Å². The molecule has 1 aliphatic carbocycles. The van der Waals surface area contributed by atoms with E-state index in [0.29, 0.717) is 12.2 Å². The Balaban J connectivity index is 2.42. The third kappa shape index (κ3) is 1.49. The molecule has 1 nitrogen and oxygen atoms in total. The number of carbonyl (C=O) groups is 1. The molecule has 0 saturated heterocycles. The Morgan fingerprint density at radius 2 is 1.82 bits per heavy atom. The fourth-order valence-corrected chi connectivity index (χ4v) is 2.82. The van der Waals surface area contributed by atoms with E-state index in [1.165, 1.54) is 5.56 Å². The molecule has 0 heterocycles. The number of rotatable bonds is 0. The molecule has 2 aromatic rings. The van der Waals surface area contributed by atoms with Crippen molar-refractivity contribution >= 4 is 16.6 Å². The number of hydrogen-bond donors (Lipinski definition) is 0. The Morgan fingerprint density at radius 3 is 2.65 bits per heavy atom. The van der Waals surface area contributed by atoms with Crippen LogP contribution < -0.4 is 0 Å². The number of ketones is 1. The SMILES string of the molecule is CC1(C)CCC(=O)c2c1ccc1ccccc21. The molecule has 0 aromatic heterocycles. The Morgan fingerprint density at radius 1 is 1.06 bits per heavy atom. The van der Waals surface area contributed by atoms with E-state index in [1.54, 1.807) is 0 Å². The molecule has 86 valence electrons. The van der Waals surface area contributed by atoms with Crippen molar-refractivity contribution in [3.05, 3.63) is 47.5 Å². The third-order valence-electron chi connectivity index (χ3n) is 3.91. The summed E-state index contributed by atoms with van der Waals surface area (Å²) in [4.78, 5) is 12.2. The van der Waals surface area contributed by atoms with Gasteiger partial charge in [0.1, 0.15) is 0 Å². The minimum absolute atomic E-state index is 0.118. The molecule has 0 fully saturated rings. The van der Waals surface area contributed by atoms with Gasteiger partial charge in [-0.1, -0.05) is 50.2 Å². The van der Waals surface area contributed by atoms with Gasteiger partial charge >= 0.3 is 0 Å². The van der Waals surface area contributed by atoms with Crippen molar-refractivity contribution in [1.82, 2.24) is 0 Å². The molecule has 0 bridgehead atoms. The Kier molecular flexibility index (Phi) is 2.12. The largest absolute Gasteiger partial charge is 0.294 e. The maximum atomic E-state index is 12.2. The summed E-state index contributed by atoms with van der Waals surface area (Å²) in [7, 11) is 0. The van der Waals surface area contributed by atoms with E-state index >= 15 is 0 Å². The number of Topliss-reactive ketones (excluding diaryl/α,β-unsaturated/α-hetero) is 1. The first-order chi connectivity index (χ1) is 8.09. The highest BCUT2D eigenvalue weighted by Gasteiger charge is 2.32. The second kappa shape index (κ2) is 3.43. The minimum Gasteiger partial charge on any atom is -0.294 e. The van der Waals surface area contributed by atoms with Crippen LogP contribution >= 0.6 is 0 Å². The van der Waals surface area contributed by atoms with Gasteiger partial charge in [0.25, 0.3) is 0 Å². The summed E-state index contributed by atoms with van der Waals surface area (Å²) in [6.07, 6.45) is 1.63. The molecular formula is C16H16O. The van der Waals surface area contributed by atoms with E-state index in [4.69, 9.17) is 0 Å². The molecule has 1 aliphatic rings. The van der Waals surface area contributed by atoms with Gasteiger partial charge in [0, 0.05) is 12.0 Å². The minimum atomic E-state index is 0.118. The van der Waals surface area contributed by atoms with E-state index in [0.717, 1.165) is 22.8 Å². The maximum Gasteiger partial charge on any atom is 0.163 e. The molecule has 2 aromatic carbocycles. The smallest absolute Gasteiger partial charge is 0.163 e. The second-order valence-corrected chi connectivity index (χ2v) is 5.52. The average molecular weight is 224 g/mol. The summed E-state index contributed by atoms with van der Waals surface area (Å²) in [5, 5.41) is 2.28. The monoisotopic (exact) mass is 224 g/mol. The Labute approximate surface area is 101 Å². The maximum absolute atomic E-state index is 12.2. The van der Waals surface area contributed by atoms with E-state index in [9.17, 15) is 4.79 Å². The lowest BCUT2D eigenvalue weighted by Crippen LogP contribution is -2.27. The van der Waals surface area contributed by atoms with Crippen LogP contribution in [0.5, 0.6) is 0 Å². The van der Waals surface area contributed by atoms with Crippen molar-refractivity contribution in [2.24, 2.45) is 0 Å². The number of carbonyl (C=O) groups excluding carboxylic acids is 1. The van der Waals surface area contributed by atoms with Crippen LogP contribution in [0.15, 0.2) is 36.4 Å². The molecule has 0 radical (unpaired) electrons. The van der Waals surface area contributed by atoms with Crippen molar-refractivity contribution in [3.8, 4) is 0 Å². The van der Waals surface area contributed by atoms with Crippen molar-refractivity contribution in [3.63, 3.8) is 0 Å².